The quantitative estimate of drug-likeness (QED) is 0.934. The number of hydrogen-bond acceptors (Lipinski definition) is 3. The second-order valence-electron chi connectivity index (χ2n) is 3.96. The predicted octanol–water partition coefficient (Wildman–Crippen LogP) is 3.36. The summed E-state index contributed by atoms with van der Waals surface area (Å²) in [5.74, 6) is -1.82. The molecule has 1 heterocycles. The van der Waals surface area contributed by atoms with E-state index >= 15 is 0 Å². The molecule has 1 amide bonds. The molecular formula is C13H12F2N2OS. The fourth-order valence-electron chi connectivity index (χ4n) is 1.51. The first kappa shape index (κ1) is 13.6. The van der Waals surface area contributed by atoms with E-state index in [1.165, 1.54) is 23.5 Å². The zero-order chi connectivity index (χ0) is 13.8. The number of halogens is 2. The molecule has 1 aromatic heterocycles. The van der Waals surface area contributed by atoms with Gasteiger partial charge in [0.1, 0.15) is 0 Å². The summed E-state index contributed by atoms with van der Waals surface area (Å²) in [5, 5.41) is 3.17. The highest BCUT2D eigenvalue weighted by Gasteiger charge is 2.07. The molecule has 6 heteroatoms. The van der Waals surface area contributed by atoms with Gasteiger partial charge in [0.2, 0.25) is 5.91 Å². The fourth-order valence-corrected chi connectivity index (χ4v) is 2.37. The molecule has 0 aliphatic rings. The molecule has 0 radical (unpaired) electrons. The Morgan fingerprint density at radius 3 is 2.84 bits per heavy atom. The largest absolute Gasteiger partial charge is 0.302 e. The Hall–Kier alpha value is -1.82. The van der Waals surface area contributed by atoms with Crippen LogP contribution >= 0.6 is 11.3 Å². The number of aromatic nitrogens is 1. The van der Waals surface area contributed by atoms with Crippen molar-refractivity contribution in [3.63, 3.8) is 0 Å². The van der Waals surface area contributed by atoms with Gasteiger partial charge in [0.15, 0.2) is 16.8 Å². The number of hydrogen-bond donors (Lipinski definition) is 1. The van der Waals surface area contributed by atoms with Gasteiger partial charge in [-0.3, -0.25) is 4.79 Å². The highest BCUT2D eigenvalue weighted by atomic mass is 32.1. The molecule has 0 spiro atoms. The van der Waals surface area contributed by atoms with Gasteiger partial charge in [-0.15, -0.1) is 11.3 Å². The lowest BCUT2D eigenvalue weighted by Gasteiger charge is -1.99. The maximum Gasteiger partial charge on any atom is 0.225 e. The molecule has 0 unspecified atom stereocenters. The first-order chi connectivity index (χ1) is 9.08. The van der Waals surface area contributed by atoms with Crippen LogP contribution in [0.2, 0.25) is 0 Å². The number of benzene rings is 1. The van der Waals surface area contributed by atoms with Crippen LogP contribution < -0.4 is 5.32 Å². The Balaban J connectivity index is 2.07. The minimum Gasteiger partial charge on any atom is -0.302 e. The van der Waals surface area contributed by atoms with E-state index in [4.69, 9.17) is 0 Å². The van der Waals surface area contributed by atoms with E-state index in [-0.39, 0.29) is 5.91 Å². The van der Waals surface area contributed by atoms with Gasteiger partial charge in [-0.1, -0.05) is 13.0 Å². The molecule has 19 heavy (non-hydrogen) atoms. The summed E-state index contributed by atoms with van der Waals surface area (Å²) in [7, 11) is 0. The highest BCUT2D eigenvalue weighted by Crippen LogP contribution is 2.22. The summed E-state index contributed by atoms with van der Waals surface area (Å²) < 4.78 is 25.9. The van der Waals surface area contributed by atoms with Gasteiger partial charge in [-0.2, -0.15) is 0 Å². The minimum absolute atomic E-state index is 0.103. The molecule has 0 atom stereocenters. The van der Waals surface area contributed by atoms with Crippen molar-refractivity contribution < 1.29 is 13.6 Å². The zero-order valence-electron chi connectivity index (χ0n) is 10.2. The van der Waals surface area contributed by atoms with Crippen LogP contribution in [-0.4, -0.2) is 10.9 Å². The summed E-state index contributed by atoms with van der Waals surface area (Å²) >= 11 is 1.32. The van der Waals surface area contributed by atoms with E-state index in [1.807, 2.05) is 0 Å². The number of thiazole rings is 1. The van der Waals surface area contributed by atoms with Crippen LogP contribution in [0.3, 0.4) is 0 Å². The number of nitrogens with zero attached hydrogens (tertiary/aromatic N) is 1. The first-order valence-electron chi connectivity index (χ1n) is 5.77. The Labute approximate surface area is 113 Å². The lowest BCUT2D eigenvalue weighted by molar-refractivity contribution is -0.115. The van der Waals surface area contributed by atoms with Gasteiger partial charge in [0, 0.05) is 23.9 Å². The summed E-state index contributed by atoms with van der Waals surface area (Å²) in [6.45, 7) is 1.76. The second-order valence-corrected chi connectivity index (χ2v) is 5.07. The van der Waals surface area contributed by atoms with Crippen LogP contribution in [0.1, 0.15) is 23.8 Å². The van der Waals surface area contributed by atoms with Crippen LogP contribution in [0.4, 0.5) is 13.9 Å². The first-order valence-corrected chi connectivity index (χ1v) is 6.58. The van der Waals surface area contributed by atoms with Crippen molar-refractivity contribution in [3.05, 3.63) is 46.5 Å². The molecular weight excluding hydrogens is 270 g/mol. The number of carbonyl (C=O) groups excluding carboxylic acids is 1. The Morgan fingerprint density at radius 1 is 1.37 bits per heavy atom. The number of carbonyl (C=O) groups is 1. The number of nitrogens with one attached hydrogen (secondary N) is 1. The Bertz CT molecular complexity index is 598. The maximum absolute atomic E-state index is 13.1. The molecule has 1 N–H and O–H groups in total. The van der Waals surface area contributed by atoms with E-state index in [1.54, 1.807) is 13.1 Å². The summed E-state index contributed by atoms with van der Waals surface area (Å²) in [4.78, 5) is 16.1. The number of rotatable bonds is 4. The lowest BCUT2D eigenvalue weighted by Crippen LogP contribution is -2.08. The standard InChI is InChI=1S/C13H12F2N2OS/c1-2-12(18)17-13-16-7-9(19-13)5-8-3-4-10(14)11(15)6-8/h3-4,6-7H,2,5H2,1H3,(H,16,17,18). The average Bonchev–Trinajstić information content (AvgIpc) is 2.81. The van der Waals surface area contributed by atoms with Crippen molar-refractivity contribution in [3.8, 4) is 0 Å². The fraction of sp³-hybridized carbons (Fsp3) is 0.231. The van der Waals surface area contributed by atoms with E-state index in [2.05, 4.69) is 10.3 Å². The average molecular weight is 282 g/mol. The third-order valence-corrected chi connectivity index (χ3v) is 3.40. The van der Waals surface area contributed by atoms with Gasteiger partial charge in [0.05, 0.1) is 0 Å². The van der Waals surface area contributed by atoms with Gasteiger partial charge in [0.25, 0.3) is 0 Å². The third-order valence-electron chi connectivity index (χ3n) is 2.48. The van der Waals surface area contributed by atoms with E-state index in [9.17, 15) is 13.6 Å². The zero-order valence-corrected chi connectivity index (χ0v) is 11.1. The van der Waals surface area contributed by atoms with Crippen LogP contribution in [-0.2, 0) is 11.2 Å². The van der Waals surface area contributed by atoms with Crippen LogP contribution in [0.25, 0.3) is 0 Å². The molecule has 0 saturated carbocycles. The van der Waals surface area contributed by atoms with Crippen molar-refractivity contribution in [1.29, 1.82) is 0 Å². The van der Waals surface area contributed by atoms with Gasteiger partial charge in [-0.05, 0) is 17.7 Å². The molecule has 0 aliphatic carbocycles. The van der Waals surface area contributed by atoms with E-state index < -0.39 is 11.6 Å². The topological polar surface area (TPSA) is 42.0 Å². The smallest absolute Gasteiger partial charge is 0.225 e. The third kappa shape index (κ3) is 3.57. The van der Waals surface area contributed by atoms with Gasteiger partial charge >= 0.3 is 0 Å². The molecule has 1 aromatic carbocycles. The highest BCUT2D eigenvalue weighted by molar-refractivity contribution is 7.15. The molecule has 0 aliphatic heterocycles. The molecule has 0 saturated heterocycles. The molecule has 3 nitrogen and oxygen atoms in total. The Kier molecular flexibility index (Phi) is 4.21. The summed E-state index contributed by atoms with van der Waals surface area (Å²) in [6, 6.07) is 3.80. The van der Waals surface area contributed by atoms with Crippen molar-refractivity contribution >= 4 is 22.4 Å². The van der Waals surface area contributed by atoms with Gasteiger partial charge < -0.3 is 5.32 Å². The van der Waals surface area contributed by atoms with Crippen LogP contribution in [0, 0.1) is 11.6 Å². The molecule has 0 fully saturated rings. The minimum atomic E-state index is -0.860. The molecule has 2 rings (SSSR count). The number of amides is 1. The van der Waals surface area contributed by atoms with E-state index in [0.29, 0.717) is 23.5 Å². The predicted molar refractivity (Wildman–Crippen MR) is 70.2 cm³/mol. The normalized spacial score (nSPS) is 10.5. The monoisotopic (exact) mass is 282 g/mol. The molecule has 2 aromatic rings. The Morgan fingerprint density at radius 2 is 2.16 bits per heavy atom. The van der Waals surface area contributed by atoms with Crippen molar-refractivity contribution in [2.45, 2.75) is 19.8 Å². The van der Waals surface area contributed by atoms with Crippen LogP contribution in [0.5, 0.6) is 0 Å². The van der Waals surface area contributed by atoms with Gasteiger partial charge in [-0.25, -0.2) is 13.8 Å². The van der Waals surface area contributed by atoms with Crippen molar-refractivity contribution in [2.75, 3.05) is 5.32 Å². The lowest BCUT2D eigenvalue weighted by atomic mass is 10.1. The molecule has 0 bridgehead atoms. The molecule has 100 valence electrons. The van der Waals surface area contributed by atoms with Crippen LogP contribution in [0.15, 0.2) is 24.4 Å². The van der Waals surface area contributed by atoms with Crippen molar-refractivity contribution in [2.24, 2.45) is 0 Å². The summed E-state index contributed by atoms with van der Waals surface area (Å²) in [6.07, 6.45) is 2.46. The van der Waals surface area contributed by atoms with E-state index in [0.717, 1.165) is 10.9 Å². The second kappa shape index (κ2) is 5.88. The van der Waals surface area contributed by atoms with Crippen molar-refractivity contribution in [1.82, 2.24) is 4.98 Å². The maximum atomic E-state index is 13.1. The number of anilines is 1. The summed E-state index contributed by atoms with van der Waals surface area (Å²) in [5.41, 5.74) is 0.663. The SMILES string of the molecule is CCC(=O)Nc1ncc(Cc2ccc(F)c(F)c2)s1.